The molecule has 0 radical (unpaired) electrons. The Kier molecular flexibility index (Phi) is 6.10. The van der Waals surface area contributed by atoms with Crippen LogP contribution in [0.4, 0.5) is 0 Å². The molecule has 0 saturated carbocycles. The molecule has 1 unspecified atom stereocenters. The minimum Gasteiger partial charge on any atom is -0.481 e. The van der Waals surface area contributed by atoms with Crippen LogP contribution < -0.4 is 10.1 Å². The first-order valence-electron chi connectivity index (χ1n) is 5.62. The van der Waals surface area contributed by atoms with Crippen molar-refractivity contribution in [2.75, 3.05) is 27.4 Å². The highest BCUT2D eigenvalue weighted by Gasteiger charge is 2.13. The minimum atomic E-state index is -0.320. The predicted molar refractivity (Wildman–Crippen MR) is 65.6 cm³/mol. The Hall–Kier alpha value is -1.66. The number of methoxy groups -OCH3 is 2. The summed E-state index contributed by atoms with van der Waals surface area (Å²) in [6.07, 6.45) is 1.99. The highest BCUT2D eigenvalue weighted by atomic mass is 16.5. The summed E-state index contributed by atoms with van der Waals surface area (Å²) in [5.74, 6) is 0.171. The summed E-state index contributed by atoms with van der Waals surface area (Å²) in [7, 11) is 3.08. The Morgan fingerprint density at radius 3 is 2.78 bits per heavy atom. The zero-order chi connectivity index (χ0) is 13.4. The van der Waals surface area contributed by atoms with Gasteiger partial charge in [0.2, 0.25) is 5.88 Å². The van der Waals surface area contributed by atoms with Crippen molar-refractivity contribution in [3.63, 3.8) is 0 Å². The van der Waals surface area contributed by atoms with Gasteiger partial charge in [0.05, 0.1) is 25.3 Å². The van der Waals surface area contributed by atoms with Crippen LogP contribution in [0.25, 0.3) is 0 Å². The van der Waals surface area contributed by atoms with Gasteiger partial charge in [-0.1, -0.05) is 0 Å². The number of nitrogens with zero attached hydrogens (tertiary/aromatic N) is 1. The van der Waals surface area contributed by atoms with Crippen LogP contribution in [0.15, 0.2) is 18.3 Å². The van der Waals surface area contributed by atoms with Crippen LogP contribution in [0.3, 0.4) is 0 Å². The van der Waals surface area contributed by atoms with Gasteiger partial charge in [-0.15, -0.1) is 0 Å². The Labute approximate surface area is 106 Å². The molecule has 6 heteroatoms. The van der Waals surface area contributed by atoms with Crippen LogP contribution >= 0.6 is 0 Å². The third-order valence-electron chi connectivity index (χ3n) is 2.43. The van der Waals surface area contributed by atoms with Gasteiger partial charge in [0.1, 0.15) is 0 Å². The van der Waals surface area contributed by atoms with Gasteiger partial charge in [0, 0.05) is 26.0 Å². The highest BCUT2D eigenvalue weighted by Crippen LogP contribution is 2.07. The van der Waals surface area contributed by atoms with Gasteiger partial charge in [-0.05, 0) is 12.5 Å². The number of aliphatic hydroxyl groups excluding tert-OH is 1. The molecule has 0 aliphatic rings. The molecule has 0 fully saturated rings. The largest absolute Gasteiger partial charge is 0.481 e. The molecule has 18 heavy (non-hydrogen) atoms. The lowest BCUT2D eigenvalue weighted by atomic mass is 10.2. The second kappa shape index (κ2) is 7.62. The number of aliphatic hydroxyl groups is 1. The second-order valence-corrected chi connectivity index (χ2v) is 3.72. The molecule has 0 aliphatic heterocycles. The van der Waals surface area contributed by atoms with E-state index in [1.807, 2.05) is 0 Å². The number of hydrogen-bond acceptors (Lipinski definition) is 5. The second-order valence-electron chi connectivity index (χ2n) is 3.72. The number of rotatable bonds is 7. The lowest BCUT2D eigenvalue weighted by Gasteiger charge is -2.15. The summed E-state index contributed by atoms with van der Waals surface area (Å²) in [6.45, 7) is 0.352. The summed E-state index contributed by atoms with van der Waals surface area (Å²) in [5, 5.41) is 11.8. The van der Waals surface area contributed by atoms with Crippen molar-refractivity contribution in [3.05, 3.63) is 23.9 Å². The van der Waals surface area contributed by atoms with Crippen molar-refractivity contribution >= 4 is 5.91 Å². The number of aromatic nitrogens is 1. The van der Waals surface area contributed by atoms with E-state index < -0.39 is 0 Å². The number of carbonyl (C=O) groups excluding carboxylic acids is 1. The van der Waals surface area contributed by atoms with Gasteiger partial charge < -0.3 is 19.9 Å². The normalized spacial score (nSPS) is 11.9. The maximum Gasteiger partial charge on any atom is 0.253 e. The number of pyridine rings is 1. The fourth-order valence-electron chi connectivity index (χ4n) is 1.37. The molecule has 1 amide bonds. The van der Waals surface area contributed by atoms with Crippen LogP contribution in [-0.4, -0.2) is 49.5 Å². The lowest BCUT2D eigenvalue weighted by molar-refractivity contribution is 0.0894. The topological polar surface area (TPSA) is 80.7 Å². The summed E-state index contributed by atoms with van der Waals surface area (Å²) in [5.41, 5.74) is 0.423. The van der Waals surface area contributed by atoms with E-state index in [4.69, 9.17) is 14.6 Å². The maximum atomic E-state index is 11.8. The summed E-state index contributed by atoms with van der Waals surface area (Å²) < 4.78 is 9.81. The zero-order valence-electron chi connectivity index (χ0n) is 10.5. The standard InChI is InChI=1S/C12H18N2O4/c1-17-6-5-10(8-15)14-12(16)9-3-4-11(18-2)13-7-9/h3-4,7,10,15H,5-6,8H2,1-2H3,(H,14,16). The number of hydrogen-bond donors (Lipinski definition) is 2. The molecule has 1 atom stereocenters. The van der Waals surface area contributed by atoms with E-state index in [1.165, 1.54) is 13.3 Å². The molecule has 100 valence electrons. The molecule has 2 N–H and O–H groups in total. The Balaban J connectivity index is 2.56. The van der Waals surface area contributed by atoms with E-state index >= 15 is 0 Å². The van der Waals surface area contributed by atoms with E-state index in [9.17, 15) is 4.79 Å². The van der Waals surface area contributed by atoms with Crippen LogP contribution in [-0.2, 0) is 4.74 Å². The molecule has 1 aromatic heterocycles. The Bertz CT molecular complexity index is 367. The third kappa shape index (κ3) is 4.31. The van der Waals surface area contributed by atoms with Crippen molar-refractivity contribution in [2.24, 2.45) is 0 Å². The molecule has 1 heterocycles. The zero-order valence-corrected chi connectivity index (χ0v) is 10.5. The first-order valence-corrected chi connectivity index (χ1v) is 5.62. The van der Waals surface area contributed by atoms with Gasteiger partial charge in [-0.2, -0.15) is 0 Å². The monoisotopic (exact) mass is 254 g/mol. The van der Waals surface area contributed by atoms with Gasteiger partial charge in [-0.3, -0.25) is 4.79 Å². The highest BCUT2D eigenvalue weighted by molar-refractivity contribution is 5.94. The summed E-state index contributed by atoms with van der Waals surface area (Å²) in [4.78, 5) is 15.8. The van der Waals surface area contributed by atoms with Crippen LogP contribution in [0, 0.1) is 0 Å². The Morgan fingerprint density at radius 1 is 1.50 bits per heavy atom. The molecular formula is C12H18N2O4. The molecule has 0 saturated heterocycles. The van der Waals surface area contributed by atoms with Gasteiger partial charge in [0.25, 0.3) is 5.91 Å². The van der Waals surface area contributed by atoms with Crippen molar-refractivity contribution in [1.29, 1.82) is 0 Å². The Morgan fingerprint density at radius 2 is 2.28 bits per heavy atom. The first-order chi connectivity index (χ1) is 8.71. The van der Waals surface area contributed by atoms with E-state index in [0.717, 1.165) is 0 Å². The van der Waals surface area contributed by atoms with E-state index in [-0.39, 0.29) is 18.6 Å². The molecule has 0 aromatic carbocycles. The van der Waals surface area contributed by atoms with E-state index in [1.54, 1.807) is 19.2 Å². The molecule has 1 aromatic rings. The van der Waals surface area contributed by atoms with E-state index in [2.05, 4.69) is 10.3 Å². The fraction of sp³-hybridized carbons (Fsp3) is 0.500. The van der Waals surface area contributed by atoms with Crippen molar-refractivity contribution in [2.45, 2.75) is 12.5 Å². The van der Waals surface area contributed by atoms with Gasteiger partial charge in [0.15, 0.2) is 0 Å². The molecular weight excluding hydrogens is 236 g/mol. The number of ether oxygens (including phenoxy) is 2. The molecule has 6 nitrogen and oxygen atoms in total. The van der Waals surface area contributed by atoms with Crippen molar-refractivity contribution < 1.29 is 19.4 Å². The van der Waals surface area contributed by atoms with Gasteiger partial charge >= 0.3 is 0 Å². The van der Waals surface area contributed by atoms with Crippen LogP contribution in [0.1, 0.15) is 16.8 Å². The van der Waals surface area contributed by atoms with Gasteiger partial charge in [-0.25, -0.2) is 4.98 Å². The average molecular weight is 254 g/mol. The fourth-order valence-corrected chi connectivity index (χ4v) is 1.37. The maximum absolute atomic E-state index is 11.8. The number of nitrogens with one attached hydrogen (secondary N) is 1. The third-order valence-corrected chi connectivity index (χ3v) is 2.43. The van der Waals surface area contributed by atoms with Crippen molar-refractivity contribution in [1.82, 2.24) is 10.3 Å². The smallest absolute Gasteiger partial charge is 0.253 e. The van der Waals surface area contributed by atoms with Crippen molar-refractivity contribution in [3.8, 4) is 5.88 Å². The number of amides is 1. The molecule has 0 aliphatic carbocycles. The van der Waals surface area contributed by atoms with E-state index in [0.29, 0.717) is 24.5 Å². The number of carbonyl (C=O) groups is 1. The first kappa shape index (κ1) is 14.4. The molecule has 0 spiro atoms. The quantitative estimate of drug-likeness (QED) is 0.727. The lowest BCUT2D eigenvalue weighted by Crippen LogP contribution is -2.38. The summed E-state index contributed by atoms with van der Waals surface area (Å²) in [6, 6.07) is 2.91. The van der Waals surface area contributed by atoms with Crippen LogP contribution in [0.5, 0.6) is 5.88 Å². The van der Waals surface area contributed by atoms with Crippen LogP contribution in [0.2, 0.25) is 0 Å². The predicted octanol–water partition coefficient (Wildman–Crippen LogP) is 0.217. The summed E-state index contributed by atoms with van der Waals surface area (Å²) >= 11 is 0. The molecule has 0 bridgehead atoms. The molecule has 1 rings (SSSR count). The SMILES string of the molecule is COCCC(CO)NC(=O)c1ccc(OC)nc1. The average Bonchev–Trinajstić information content (AvgIpc) is 2.43. The minimum absolute atomic E-state index is 0.126.